The highest BCUT2D eigenvalue weighted by Gasteiger charge is 2.35. The zero-order chi connectivity index (χ0) is 20.3. The van der Waals surface area contributed by atoms with Gasteiger partial charge >= 0.3 is 0 Å². The lowest BCUT2D eigenvalue weighted by molar-refractivity contribution is -0.130. The summed E-state index contributed by atoms with van der Waals surface area (Å²) in [4.78, 5) is 40.0. The first-order valence-electron chi connectivity index (χ1n) is 9.27. The van der Waals surface area contributed by atoms with E-state index >= 15 is 0 Å². The number of hydrogen-bond acceptors (Lipinski definition) is 4. The van der Waals surface area contributed by atoms with Crippen LogP contribution in [-0.4, -0.2) is 54.3 Å². The van der Waals surface area contributed by atoms with Crippen LogP contribution in [0.15, 0.2) is 42.5 Å². The number of rotatable bonds is 7. The van der Waals surface area contributed by atoms with Gasteiger partial charge in [-0.05, 0) is 37.6 Å². The monoisotopic (exact) mass is 380 g/mol. The molecular formula is C22H24N2O4. The van der Waals surface area contributed by atoms with Crippen molar-refractivity contribution >= 4 is 17.7 Å². The number of ether oxygens (including phenoxy) is 1. The molecule has 0 bridgehead atoms. The van der Waals surface area contributed by atoms with Crippen molar-refractivity contribution in [1.82, 2.24) is 9.80 Å². The quantitative estimate of drug-likeness (QED) is 0.693. The molecule has 3 rings (SSSR count). The molecule has 1 heterocycles. The number of nitrogens with zero attached hydrogens (tertiary/aromatic N) is 2. The molecule has 2 aromatic carbocycles. The minimum Gasteiger partial charge on any atom is -0.491 e. The number of imide groups is 1. The first-order chi connectivity index (χ1) is 13.4. The van der Waals surface area contributed by atoms with E-state index in [1.54, 1.807) is 30.1 Å². The Kier molecular flexibility index (Phi) is 5.78. The van der Waals surface area contributed by atoms with E-state index in [4.69, 9.17) is 4.74 Å². The van der Waals surface area contributed by atoms with Gasteiger partial charge in [0.1, 0.15) is 12.4 Å². The van der Waals surface area contributed by atoms with Crippen molar-refractivity contribution in [2.75, 3.05) is 26.7 Å². The van der Waals surface area contributed by atoms with Gasteiger partial charge in [-0.3, -0.25) is 19.3 Å². The first kappa shape index (κ1) is 19.6. The van der Waals surface area contributed by atoms with Crippen LogP contribution < -0.4 is 4.74 Å². The minimum absolute atomic E-state index is 0.0766. The Hall–Kier alpha value is -3.15. The molecule has 146 valence electrons. The van der Waals surface area contributed by atoms with Crippen molar-refractivity contribution in [2.45, 2.75) is 20.3 Å². The summed E-state index contributed by atoms with van der Waals surface area (Å²) in [7, 11) is 1.69. The maximum atomic E-state index is 12.5. The molecule has 0 saturated heterocycles. The third-order valence-electron chi connectivity index (χ3n) is 4.88. The maximum absolute atomic E-state index is 12.5. The minimum atomic E-state index is -0.335. The third-order valence-corrected chi connectivity index (χ3v) is 4.88. The molecule has 0 unspecified atom stereocenters. The molecule has 0 spiro atoms. The molecule has 28 heavy (non-hydrogen) atoms. The lowest BCUT2D eigenvalue weighted by Gasteiger charge is -2.20. The van der Waals surface area contributed by atoms with E-state index in [2.05, 4.69) is 0 Å². The Morgan fingerprint density at radius 3 is 2.50 bits per heavy atom. The second-order valence-electron chi connectivity index (χ2n) is 6.99. The largest absolute Gasteiger partial charge is 0.491 e. The fourth-order valence-corrected chi connectivity index (χ4v) is 3.14. The van der Waals surface area contributed by atoms with Gasteiger partial charge in [0.15, 0.2) is 0 Å². The molecule has 0 atom stereocenters. The van der Waals surface area contributed by atoms with Crippen LogP contribution in [0, 0.1) is 13.8 Å². The Morgan fingerprint density at radius 2 is 1.75 bits per heavy atom. The van der Waals surface area contributed by atoms with Gasteiger partial charge in [0.05, 0.1) is 17.7 Å². The Labute approximate surface area is 164 Å². The van der Waals surface area contributed by atoms with Crippen molar-refractivity contribution in [1.29, 1.82) is 0 Å². The Morgan fingerprint density at radius 1 is 1.04 bits per heavy atom. The highest BCUT2D eigenvalue weighted by molar-refractivity contribution is 6.21. The average Bonchev–Trinajstić information content (AvgIpc) is 2.91. The summed E-state index contributed by atoms with van der Waals surface area (Å²) in [5, 5.41) is 0. The molecule has 1 aliphatic rings. The van der Waals surface area contributed by atoms with Crippen LogP contribution in [0.3, 0.4) is 0 Å². The molecule has 2 aromatic rings. The summed E-state index contributed by atoms with van der Waals surface area (Å²) in [5.41, 5.74) is 2.78. The summed E-state index contributed by atoms with van der Waals surface area (Å²) < 4.78 is 5.71. The second kappa shape index (κ2) is 8.25. The van der Waals surface area contributed by atoms with Crippen molar-refractivity contribution in [3.63, 3.8) is 0 Å². The van der Waals surface area contributed by atoms with Crippen LogP contribution in [0.4, 0.5) is 0 Å². The van der Waals surface area contributed by atoms with E-state index in [9.17, 15) is 14.4 Å². The van der Waals surface area contributed by atoms with E-state index < -0.39 is 0 Å². The second-order valence-corrected chi connectivity index (χ2v) is 6.99. The molecule has 6 nitrogen and oxygen atoms in total. The molecule has 0 radical (unpaired) electrons. The third kappa shape index (κ3) is 4.06. The van der Waals surface area contributed by atoms with Crippen LogP contribution in [0.2, 0.25) is 0 Å². The molecular weight excluding hydrogens is 356 g/mol. The van der Waals surface area contributed by atoms with E-state index in [0.29, 0.717) is 24.3 Å². The van der Waals surface area contributed by atoms with Gasteiger partial charge in [0, 0.05) is 20.0 Å². The molecule has 0 saturated carbocycles. The molecule has 0 aliphatic carbocycles. The molecule has 3 amide bonds. The van der Waals surface area contributed by atoms with E-state index in [-0.39, 0.29) is 30.7 Å². The van der Waals surface area contributed by atoms with Crippen LogP contribution in [0.25, 0.3) is 0 Å². The molecule has 0 N–H and O–H groups in total. The summed E-state index contributed by atoms with van der Waals surface area (Å²) in [6.07, 6.45) is 0.0886. The topological polar surface area (TPSA) is 66.9 Å². The number of aryl methyl sites for hydroxylation is 2. The SMILES string of the molecule is Cc1ccc2c(c1)C(=O)N(CCC(=O)N(C)CCOc1ccccc1C)C2=O. The van der Waals surface area contributed by atoms with Crippen LogP contribution in [-0.2, 0) is 4.79 Å². The van der Waals surface area contributed by atoms with E-state index in [1.165, 1.54) is 0 Å². The molecule has 6 heteroatoms. The standard InChI is InChI=1S/C22H24N2O4/c1-15-8-9-17-18(14-15)22(27)24(21(17)26)11-10-20(25)23(3)12-13-28-19-7-5-4-6-16(19)2/h4-9,14H,10-13H2,1-3H3. The molecule has 0 aromatic heterocycles. The zero-order valence-corrected chi connectivity index (χ0v) is 16.4. The summed E-state index contributed by atoms with van der Waals surface area (Å²) in [5.74, 6) is -0.00818. The fraction of sp³-hybridized carbons (Fsp3) is 0.318. The van der Waals surface area contributed by atoms with Gasteiger partial charge in [-0.2, -0.15) is 0 Å². The fourth-order valence-electron chi connectivity index (χ4n) is 3.14. The van der Waals surface area contributed by atoms with Gasteiger partial charge in [0.2, 0.25) is 5.91 Å². The van der Waals surface area contributed by atoms with Gasteiger partial charge in [-0.15, -0.1) is 0 Å². The van der Waals surface area contributed by atoms with Crippen molar-refractivity contribution in [2.24, 2.45) is 0 Å². The number of fused-ring (bicyclic) bond motifs is 1. The van der Waals surface area contributed by atoms with Crippen molar-refractivity contribution in [3.8, 4) is 5.75 Å². The lowest BCUT2D eigenvalue weighted by atomic mass is 10.1. The predicted molar refractivity (Wildman–Crippen MR) is 105 cm³/mol. The van der Waals surface area contributed by atoms with Crippen LogP contribution in [0.5, 0.6) is 5.75 Å². The molecule has 1 aliphatic heterocycles. The van der Waals surface area contributed by atoms with Crippen molar-refractivity contribution in [3.05, 3.63) is 64.7 Å². The maximum Gasteiger partial charge on any atom is 0.261 e. The highest BCUT2D eigenvalue weighted by atomic mass is 16.5. The van der Waals surface area contributed by atoms with Gasteiger partial charge in [-0.1, -0.05) is 29.8 Å². The van der Waals surface area contributed by atoms with Gasteiger partial charge in [-0.25, -0.2) is 0 Å². The summed E-state index contributed by atoms with van der Waals surface area (Å²) in [6, 6.07) is 12.9. The normalized spacial score (nSPS) is 12.9. The number of carbonyl (C=O) groups is 3. The lowest BCUT2D eigenvalue weighted by Crippen LogP contribution is -2.36. The van der Waals surface area contributed by atoms with Crippen molar-refractivity contribution < 1.29 is 19.1 Å². The average molecular weight is 380 g/mol. The Balaban J connectivity index is 1.49. The summed E-state index contributed by atoms with van der Waals surface area (Å²) in [6.45, 7) is 4.72. The Bertz CT molecular complexity index is 923. The first-order valence-corrected chi connectivity index (χ1v) is 9.27. The number of hydrogen-bond donors (Lipinski definition) is 0. The summed E-state index contributed by atoms with van der Waals surface area (Å²) >= 11 is 0. The van der Waals surface area contributed by atoms with Crippen LogP contribution >= 0.6 is 0 Å². The van der Waals surface area contributed by atoms with E-state index in [1.807, 2.05) is 38.1 Å². The predicted octanol–water partition coefficient (Wildman–Crippen LogP) is 2.83. The number of carbonyl (C=O) groups excluding carboxylic acids is 3. The smallest absolute Gasteiger partial charge is 0.261 e. The van der Waals surface area contributed by atoms with Crippen LogP contribution in [0.1, 0.15) is 38.3 Å². The van der Waals surface area contributed by atoms with Gasteiger partial charge in [0.25, 0.3) is 11.8 Å². The highest BCUT2D eigenvalue weighted by Crippen LogP contribution is 2.24. The van der Waals surface area contributed by atoms with Gasteiger partial charge < -0.3 is 9.64 Å². The molecule has 0 fully saturated rings. The number of likely N-dealkylation sites (N-methyl/N-ethyl adjacent to an activating group) is 1. The number of amides is 3. The number of para-hydroxylation sites is 1. The van der Waals surface area contributed by atoms with E-state index in [0.717, 1.165) is 21.8 Å². The number of benzene rings is 2. The zero-order valence-electron chi connectivity index (χ0n) is 16.4.